The third-order valence-electron chi connectivity index (χ3n) is 3.77. The van der Waals surface area contributed by atoms with Crippen LogP contribution < -0.4 is 5.32 Å². The fraction of sp³-hybridized carbons (Fsp3) is 0.615. The van der Waals surface area contributed by atoms with Crippen molar-refractivity contribution in [1.29, 1.82) is 0 Å². The van der Waals surface area contributed by atoms with Crippen molar-refractivity contribution in [2.24, 2.45) is 10.9 Å². The minimum atomic E-state index is -2.61. The normalized spacial score (nSPS) is 24.4. The number of hydrogen-bond acceptors (Lipinski definition) is 4. The molecule has 6 heteroatoms. The van der Waals surface area contributed by atoms with Gasteiger partial charge in [-0.2, -0.15) is 0 Å². The molecule has 0 unspecified atom stereocenters. The van der Waals surface area contributed by atoms with Crippen molar-refractivity contribution < 1.29 is 8.78 Å². The van der Waals surface area contributed by atoms with Crippen LogP contribution >= 0.6 is 0 Å². The summed E-state index contributed by atoms with van der Waals surface area (Å²) in [5.41, 5.74) is 1.85. The highest BCUT2D eigenvalue weighted by atomic mass is 19.3. The molecule has 1 N–H and O–H groups in total. The van der Waals surface area contributed by atoms with Gasteiger partial charge in [0.25, 0.3) is 5.92 Å². The van der Waals surface area contributed by atoms with Crippen LogP contribution in [0.4, 0.5) is 8.78 Å². The molecule has 0 aliphatic carbocycles. The van der Waals surface area contributed by atoms with Gasteiger partial charge in [-0.25, -0.2) is 18.7 Å². The molecule has 1 fully saturated rings. The molecule has 4 nitrogen and oxygen atoms in total. The predicted octanol–water partition coefficient (Wildman–Crippen LogP) is 1.59. The first-order valence-electron chi connectivity index (χ1n) is 6.58. The van der Waals surface area contributed by atoms with Crippen LogP contribution in [-0.2, 0) is 13.0 Å². The highest BCUT2D eigenvalue weighted by molar-refractivity contribution is 5.82. The molecule has 102 valence electrons. The first-order chi connectivity index (χ1) is 9.15. The van der Waals surface area contributed by atoms with Gasteiger partial charge in [0, 0.05) is 30.3 Å². The Morgan fingerprint density at radius 3 is 3.16 bits per heavy atom. The van der Waals surface area contributed by atoms with Gasteiger partial charge in [0.1, 0.15) is 5.82 Å². The molecular formula is C13H16F2N4. The average Bonchev–Trinajstić information content (AvgIpc) is 2.84. The quantitative estimate of drug-likeness (QED) is 0.903. The lowest BCUT2D eigenvalue weighted by Crippen LogP contribution is -2.46. The second-order valence-corrected chi connectivity index (χ2v) is 5.12. The van der Waals surface area contributed by atoms with E-state index in [9.17, 15) is 8.78 Å². The Bertz CT molecular complexity index is 501. The summed E-state index contributed by atoms with van der Waals surface area (Å²) in [7, 11) is 0. The monoisotopic (exact) mass is 266 g/mol. The number of rotatable bonds is 3. The molecule has 1 aromatic heterocycles. The predicted molar refractivity (Wildman–Crippen MR) is 67.6 cm³/mol. The molecule has 2 aliphatic heterocycles. The lowest BCUT2D eigenvalue weighted by atomic mass is 9.89. The number of fused-ring (bicyclic) bond motifs is 1. The number of aryl methyl sites for hydroxylation is 1. The number of nitrogens with zero attached hydrogens (tertiary/aromatic N) is 3. The minimum absolute atomic E-state index is 0.212. The van der Waals surface area contributed by atoms with E-state index in [0.29, 0.717) is 38.2 Å². The van der Waals surface area contributed by atoms with Crippen molar-refractivity contribution in [2.45, 2.75) is 31.7 Å². The maximum Gasteiger partial charge on any atom is 0.263 e. The van der Waals surface area contributed by atoms with Gasteiger partial charge in [0.2, 0.25) is 0 Å². The molecule has 0 amide bonds. The fourth-order valence-electron chi connectivity index (χ4n) is 2.60. The highest BCUT2D eigenvalue weighted by Crippen LogP contribution is 2.32. The second kappa shape index (κ2) is 4.92. The third kappa shape index (κ3) is 2.63. The fourth-order valence-corrected chi connectivity index (χ4v) is 2.60. The summed E-state index contributed by atoms with van der Waals surface area (Å²) >= 11 is 0. The van der Waals surface area contributed by atoms with Crippen LogP contribution in [-0.4, -0.2) is 35.2 Å². The number of nitrogens with one attached hydrogen (secondary N) is 1. The number of halogens is 2. The lowest BCUT2D eigenvalue weighted by Gasteiger charge is -2.31. The standard InChI is InChI=1S/C13H16F2N4/c14-13(15)8-16-4-3-10(13)1-2-12-18-6-9-5-17-7-11(9)19-12/h5-6,10,16H,1-4,7-8H2/t10-/m0/s1. The molecule has 3 heterocycles. The van der Waals surface area contributed by atoms with Crippen LogP contribution in [0.2, 0.25) is 0 Å². The zero-order chi connectivity index (χ0) is 13.3. The molecule has 0 spiro atoms. The molecule has 2 aliphatic rings. The topological polar surface area (TPSA) is 50.2 Å². The lowest BCUT2D eigenvalue weighted by molar-refractivity contribution is -0.0758. The average molecular weight is 266 g/mol. The number of piperidine rings is 1. The van der Waals surface area contributed by atoms with Gasteiger partial charge in [-0.05, 0) is 19.4 Å². The highest BCUT2D eigenvalue weighted by Gasteiger charge is 2.40. The van der Waals surface area contributed by atoms with Gasteiger partial charge in [0.15, 0.2) is 0 Å². The molecule has 1 atom stereocenters. The van der Waals surface area contributed by atoms with Gasteiger partial charge in [-0.15, -0.1) is 0 Å². The molecule has 0 bridgehead atoms. The van der Waals surface area contributed by atoms with E-state index >= 15 is 0 Å². The number of hydrogen-bond donors (Lipinski definition) is 1. The summed E-state index contributed by atoms with van der Waals surface area (Å²) in [5, 5.41) is 2.74. The van der Waals surface area contributed by atoms with Crippen molar-refractivity contribution in [3.8, 4) is 0 Å². The maximum absolute atomic E-state index is 13.7. The molecule has 3 rings (SSSR count). The molecule has 1 saturated heterocycles. The largest absolute Gasteiger partial charge is 0.311 e. The van der Waals surface area contributed by atoms with Crippen LogP contribution in [0.15, 0.2) is 11.2 Å². The second-order valence-electron chi connectivity index (χ2n) is 5.12. The van der Waals surface area contributed by atoms with Gasteiger partial charge < -0.3 is 5.32 Å². The van der Waals surface area contributed by atoms with Crippen LogP contribution in [0.1, 0.15) is 29.9 Å². The van der Waals surface area contributed by atoms with Gasteiger partial charge in [0.05, 0.1) is 18.8 Å². The number of alkyl halides is 2. The molecule has 1 aromatic rings. The summed E-state index contributed by atoms with van der Waals surface area (Å²) < 4.78 is 27.3. The van der Waals surface area contributed by atoms with E-state index in [2.05, 4.69) is 20.3 Å². The van der Waals surface area contributed by atoms with Crippen LogP contribution in [0.3, 0.4) is 0 Å². The first kappa shape index (κ1) is 12.6. The molecule has 19 heavy (non-hydrogen) atoms. The minimum Gasteiger partial charge on any atom is -0.311 e. The van der Waals surface area contributed by atoms with E-state index in [-0.39, 0.29) is 6.54 Å². The Labute approximate surface area is 110 Å². The van der Waals surface area contributed by atoms with Crippen molar-refractivity contribution in [1.82, 2.24) is 15.3 Å². The zero-order valence-corrected chi connectivity index (χ0v) is 10.6. The molecular weight excluding hydrogens is 250 g/mol. The van der Waals surface area contributed by atoms with E-state index < -0.39 is 11.8 Å². The third-order valence-corrected chi connectivity index (χ3v) is 3.77. The number of aromatic nitrogens is 2. The van der Waals surface area contributed by atoms with Crippen molar-refractivity contribution in [2.75, 3.05) is 13.1 Å². The maximum atomic E-state index is 13.7. The first-order valence-corrected chi connectivity index (χ1v) is 6.58. The van der Waals surface area contributed by atoms with E-state index in [4.69, 9.17) is 0 Å². The van der Waals surface area contributed by atoms with E-state index in [1.165, 1.54) is 0 Å². The van der Waals surface area contributed by atoms with Crippen molar-refractivity contribution in [3.05, 3.63) is 23.3 Å². The number of aliphatic imine (C=N–C) groups is 1. The summed E-state index contributed by atoms with van der Waals surface area (Å²) in [5.74, 6) is -2.53. The van der Waals surface area contributed by atoms with Gasteiger partial charge in [-0.1, -0.05) is 0 Å². The molecule has 0 aromatic carbocycles. The molecule has 0 radical (unpaired) electrons. The summed E-state index contributed by atoms with van der Waals surface area (Å²) in [6.07, 6.45) is 4.94. The van der Waals surface area contributed by atoms with Gasteiger partial charge in [-0.3, -0.25) is 4.99 Å². The van der Waals surface area contributed by atoms with Crippen molar-refractivity contribution >= 4 is 6.21 Å². The summed E-state index contributed by atoms with van der Waals surface area (Å²) in [6.45, 7) is 1.03. The summed E-state index contributed by atoms with van der Waals surface area (Å²) in [6, 6.07) is 0. The Kier molecular flexibility index (Phi) is 3.26. The van der Waals surface area contributed by atoms with E-state index in [0.717, 1.165) is 11.3 Å². The van der Waals surface area contributed by atoms with E-state index in [1.54, 1.807) is 12.4 Å². The molecule has 0 saturated carbocycles. The smallest absolute Gasteiger partial charge is 0.263 e. The summed E-state index contributed by atoms with van der Waals surface area (Å²) in [4.78, 5) is 12.7. The Morgan fingerprint density at radius 2 is 2.32 bits per heavy atom. The van der Waals surface area contributed by atoms with Crippen molar-refractivity contribution in [3.63, 3.8) is 0 Å². The van der Waals surface area contributed by atoms with Gasteiger partial charge >= 0.3 is 0 Å². The van der Waals surface area contributed by atoms with Crippen LogP contribution in [0, 0.1) is 5.92 Å². The Morgan fingerprint density at radius 1 is 1.42 bits per heavy atom. The Balaban J connectivity index is 1.63. The zero-order valence-electron chi connectivity index (χ0n) is 10.6. The SMILES string of the molecule is FC1(F)CNCC[C@@H]1CCc1ncc2c(n1)CN=C2. The Hall–Kier alpha value is -1.43. The van der Waals surface area contributed by atoms with Crippen LogP contribution in [0.25, 0.3) is 0 Å². The van der Waals surface area contributed by atoms with E-state index in [1.807, 2.05) is 0 Å². The van der Waals surface area contributed by atoms with Crippen LogP contribution in [0.5, 0.6) is 0 Å².